The van der Waals surface area contributed by atoms with Crippen molar-refractivity contribution in [1.29, 1.82) is 0 Å². The molecule has 1 aromatic rings. The number of fused-ring (bicyclic) bond motifs is 1. The summed E-state index contributed by atoms with van der Waals surface area (Å²) in [6.07, 6.45) is 0.340. The van der Waals surface area contributed by atoms with E-state index in [0.29, 0.717) is 12.5 Å². The van der Waals surface area contributed by atoms with Crippen molar-refractivity contribution in [3.8, 4) is 11.8 Å². The zero-order valence-electron chi connectivity index (χ0n) is 9.59. The number of benzene rings is 1. The van der Waals surface area contributed by atoms with Crippen LogP contribution < -0.4 is 4.90 Å². The van der Waals surface area contributed by atoms with Gasteiger partial charge in [0.1, 0.15) is 11.6 Å². The molecule has 1 amide bonds. The first-order valence-electron chi connectivity index (χ1n) is 5.31. The lowest BCUT2D eigenvalue weighted by Crippen LogP contribution is -2.30. The van der Waals surface area contributed by atoms with Crippen LogP contribution in [0.4, 0.5) is 14.5 Å². The van der Waals surface area contributed by atoms with E-state index in [-0.39, 0.29) is 17.8 Å². The summed E-state index contributed by atoms with van der Waals surface area (Å²) in [7, 11) is 0. The fourth-order valence-electron chi connectivity index (χ4n) is 1.85. The maximum absolute atomic E-state index is 13.5. The van der Waals surface area contributed by atoms with Crippen LogP contribution in [0.3, 0.4) is 0 Å². The van der Waals surface area contributed by atoms with Gasteiger partial charge >= 0.3 is 0 Å². The molecule has 0 radical (unpaired) electrons. The quantitative estimate of drug-likeness (QED) is 0.593. The Morgan fingerprint density at radius 2 is 2.00 bits per heavy atom. The summed E-state index contributed by atoms with van der Waals surface area (Å²) in [4.78, 5) is 24.3. The molecule has 0 saturated carbocycles. The largest absolute Gasteiger partial charge is 0.304 e. The van der Waals surface area contributed by atoms with Crippen molar-refractivity contribution in [1.82, 2.24) is 0 Å². The van der Waals surface area contributed by atoms with Crippen molar-refractivity contribution in [3.05, 3.63) is 29.3 Å². The number of anilines is 1. The Kier molecular flexibility index (Phi) is 3.11. The van der Waals surface area contributed by atoms with Crippen molar-refractivity contribution < 1.29 is 18.4 Å². The number of nitrogens with zero attached hydrogens (tertiary/aromatic N) is 1. The first-order chi connectivity index (χ1) is 8.56. The number of ketones is 1. The Labute approximate surface area is 102 Å². The van der Waals surface area contributed by atoms with Crippen molar-refractivity contribution >= 4 is 17.4 Å². The molecule has 0 atom stereocenters. The summed E-state index contributed by atoms with van der Waals surface area (Å²) in [5.74, 6) is 1.77. The molecule has 0 bridgehead atoms. The molecule has 0 saturated heterocycles. The van der Waals surface area contributed by atoms with E-state index in [2.05, 4.69) is 11.8 Å². The van der Waals surface area contributed by atoms with Crippen LogP contribution in [-0.4, -0.2) is 18.2 Å². The van der Waals surface area contributed by atoms with Crippen LogP contribution in [0.15, 0.2) is 12.1 Å². The summed E-state index contributed by atoms with van der Waals surface area (Å²) in [5.41, 5.74) is -0.369. The minimum absolute atomic E-state index is 0.0135. The Hall–Kier alpha value is -2.22. The fourth-order valence-corrected chi connectivity index (χ4v) is 1.85. The highest BCUT2D eigenvalue weighted by atomic mass is 19.1. The van der Waals surface area contributed by atoms with Gasteiger partial charge in [-0.3, -0.25) is 9.59 Å². The molecule has 18 heavy (non-hydrogen) atoms. The molecule has 1 aliphatic rings. The third kappa shape index (κ3) is 1.86. The monoisotopic (exact) mass is 249 g/mol. The highest BCUT2D eigenvalue weighted by molar-refractivity contribution is 6.52. The van der Waals surface area contributed by atoms with E-state index in [1.54, 1.807) is 6.92 Å². The van der Waals surface area contributed by atoms with Crippen LogP contribution in [0.2, 0.25) is 0 Å². The first kappa shape index (κ1) is 12.2. The van der Waals surface area contributed by atoms with E-state index in [0.717, 1.165) is 11.0 Å². The Balaban J connectivity index is 2.43. The minimum atomic E-state index is -1.01. The molecule has 0 N–H and O–H groups in total. The molecule has 3 nitrogen and oxygen atoms in total. The van der Waals surface area contributed by atoms with Gasteiger partial charge in [-0.05, 0) is 13.0 Å². The number of hydrogen-bond donors (Lipinski definition) is 0. The van der Waals surface area contributed by atoms with E-state index < -0.39 is 23.3 Å². The number of rotatable bonds is 2. The summed E-state index contributed by atoms with van der Waals surface area (Å²) < 4.78 is 26.6. The van der Waals surface area contributed by atoms with E-state index >= 15 is 0 Å². The van der Waals surface area contributed by atoms with Crippen LogP contribution in [0.1, 0.15) is 23.7 Å². The van der Waals surface area contributed by atoms with Gasteiger partial charge in [0.05, 0.1) is 11.3 Å². The molecule has 5 heteroatoms. The maximum Gasteiger partial charge on any atom is 0.299 e. The predicted molar refractivity (Wildman–Crippen MR) is 61.1 cm³/mol. The van der Waals surface area contributed by atoms with Gasteiger partial charge in [0.15, 0.2) is 0 Å². The molecular formula is C13H9F2NO2. The van der Waals surface area contributed by atoms with Gasteiger partial charge in [-0.1, -0.05) is 0 Å². The van der Waals surface area contributed by atoms with Gasteiger partial charge in [0.25, 0.3) is 11.7 Å². The topological polar surface area (TPSA) is 37.4 Å². The zero-order valence-corrected chi connectivity index (χ0v) is 9.59. The molecular weight excluding hydrogens is 240 g/mol. The van der Waals surface area contributed by atoms with Crippen molar-refractivity contribution in [3.63, 3.8) is 0 Å². The van der Waals surface area contributed by atoms with Crippen LogP contribution in [0.25, 0.3) is 0 Å². The predicted octanol–water partition coefficient (Wildman–Crippen LogP) is 1.91. The second-order valence-corrected chi connectivity index (χ2v) is 3.74. The SMILES string of the molecule is CC#CCCN1C(=O)C(=O)c2c(F)cc(F)cc21. The number of amides is 1. The molecule has 0 unspecified atom stereocenters. The molecule has 1 aliphatic heterocycles. The molecule has 0 fully saturated rings. The minimum Gasteiger partial charge on any atom is -0.304 e. The molecule has 0 spiro atoms. The lowest BCUT2D eigenvalue weighted by Gasteiger charge is -2.14. The van der Waals surface area contributed by atoms with E-state index in [1.165, 1.54) is 0 Å². The third-order valence-corrected chi connectivity index (χ3v) is 2.63. The van der Waals surface area contributed by atoms with Crippen molar-refractivity contribution in [2.24, 2.45) is 0 Å². The number of halogens is 2. The van der Waals surface area contributed by atoms with Gasteiger partial charge in [0.2, 0.25) is 0 Å². The zero-order chi connectivity index (χ0) is 13.3. The lowest BCUT2D eigenvalue weighted by molar-refractivity contribution is -0.114. The van der Waals surface area contributed by atoms with Crippen LogP contribution in [-0.2, 0) is 4.79 Å². The van der Waals surface area contributed by atoms with E-state index in [9.17, 15) is 18.4 Å². The molecule has 1 aromatic carbocycles. The Bertz CT molecular complexity index is 599. The van der Waals surface area contributed by atoms with Crippen LogP contribution in [0, 0.1) is 23.5 Å². The van der Waals surface area contributed by atoms with Crippen molar-refractivity contribution in [2.45, 2.75) is 13.3 Å². The second-order valence-electron chi connectivity index (χ2n) is 3.74. The van der Waals surface area contributed by atoms with Crippen molar-refractivity contribution in [2.75, 3.05) is 11.4 Å². The Morgan fingerprint density at radius 1 is 1.28 bits per heavy atom. The van der Waals surface area contributed by atoms with Gasteiger partial charge in [-0.2, -0.15) is 0 Å². The van der Waals surface area contributed by atoms with Gasteiger partial charge in [-0.15, -0.1) is 11.8 Å². The first-order valence-corrected chi connectivity index (χ1v) is 5.31. The smallest absolute Gasteiger partial charge is 0.299 e. The third-order valence-electron chi connectivity index (χ3n) is 2.63. The maximum atomic E-state index is 13.5. The average molecular weight is 249 g/mol. The van der Waals surface area contributed by atoms with E-state index in [4.69, 9.17) is 0 Å². The summed E-state index contributed by atoms with van der Waals surface area (Å²) in [6.45, 7) is 1.78. The number of carbonyl (C=O) groups excluding carboxylic acids is 2. The average Bonchev–Trinajstić information content (AvgIpc) is 2.54. The molecule has 2 rings (SSSR count). The molecule has 92 valence electrons. The van der Waals surface area contributed by atoms with E-state index in [1.807, 2.05) is 0 Å². The number of hydrogen-bond acceptors (Lipinski definition) is 2. The second kappa shape index (κ2) is 4.57. The normalized spacial score (nSPS) is 13.4. The summed E-state index contributed by atoms with van der Waals surface area (Å²) in [5, 5.41) is 0. The molecule has 1 heterocycles. The standard InChI is InChI=1S/C13H9F2NO2/c1-2-3-4-5-16-10-7-8(14)6-9(15)11(10)12(17)13(16)18/h6-7H,4-5H2,1H3. The Morgan fingerprint density at radius 3 is 2.67 bits per heavy atom. The van der Waals surface area contributed by atoms with Crippen LogP contribution >= 0.6 is 0 Å². The summed E-state index contributed by atoms with van der Waals surface area (Å²) in [6, 6.07) is 1.58. The summed E-state index contributed by atoms with van der Waals surface area (Å²) >= 11 is 0. The highest BCUT2D eigenvalue weighted by Crippen LogP contribution is 2.31. The van der Waals surface area contributed by atoms with Crippen LogP contribution in [0.5, 0.6) is 0 Å². The highest BCUT2D eigenvalue weighted by Gasteiger charge is 2.38. The number of Topliss-reactive ketones (excluding diaryl/α,β-unsaturated/α-hetero) is 1. The molecule has 0 aromatic heterocycles. The molecule has 0 aliphatic carbocycles. The van der Waals surface area contributed by atoms with Gasteiger partial charge in [-0.25, -0.2) is 8.78 Å². The fraction of sp³-hybridized carbons (Fsp3) is 0.231. The van der Waals surface area contributed by atoms with Gasteiger partial charge < -0.3 is 4.90 Å². The lowest BCUT2D eigenvalue weighted by atomic mass is 10.1. The van der Waals surface area contributed by atoms with Gasteiger partial charge in [0, 0.05) is 19.0 Å². The number of carbonyl (C=O) groups is 2.